The van der Waals surface area contributed by atoms with Crippen molar-refractivity contribution < 1.29 is 4.74 Å². The standard InChI is InChI=1S/C18H23N3O/c1-18(13-22-12-15-5-3-2-4-6-15)8-7-16(11-17(18)19)21-10-9-20-14-21/h2-6,9-11,14,17H,7-8,12-13,19H2,1H3. The van der Waals surface area contributed by atoms with Gasteiger partial charge in [0.15, 0.2) is 0 Å². The summed E-state index contributed by atoms with van der Waals surface area (Å²) in [5, 5.41) is 0. The largest absolute Gasteiger partial charge is 0.376 e. The second-order valence-corrected chi connectivity index (χ2v) is 6.29. The van der Waals surface area contributed by atoms with E-state index in [1.54, 1.807) is 6.20 Å². The molecule has 0 bridgehead atoms. The van der Waals surface area contributed by atoms with Gasteiger partial charge in [-0.2, -0.15) is 0 Å². The highest BCUT2D eigenvalue weighted by atomic mass is 16.5. The van der Waals surface area contributed by atoms with Crippen LogP contribution in [0.3, 0.4) is 0 Å². The molecular formula is C18H23N3O. The van der Waals surface area contributed by atoms with Gasteiger partial charge in [0.2, 0.25) is 0 Å². The van der Waals surface area contributed by atoms with Gasteiger partial charge in [-0.1, -0.05) is 37.3 Å². The number of imidazole rings is 1. The lowest BCUT2D eigenvalue weighted by Crippen LogP contribution is -2.44. The average Bonchev–Trinajstić information content (AvgIpc) is 3.06. The van der Waals surface area contributed by atoms with E-state index in [4.69, 9.17) is 10.5 Å². The number of nitrogens with zero attached hydrogens (tertiary/aromatic N) is 2. The highest BCUT2D eigenvalue weighted by Gasteiger charge is 2.34. The summed E-state index contributed by atoms with van der Waals surface area (Å²) in [6.07, 6.45) is 9.75. The molecule has 1 aromatic heterocycles. The second-order valence-electron chi connectivity index (χ2n) is 6.29. The smallest absolute Gasteiger partial charge is 0.0989 e. The van der Waals surface area contributed by atoms with Gasteiger partial charge in [-0.3, -0.25) is 0 Å². The molecule has 1 aromatic carbocycles. The number of ether oxygens (including phenoxy) is 1. The van der Waals surface area contributed by atoms with Crippen LogP contribution in [0.5, 0.6) is 0 Å². The Kier molecular flexibility index (Phi) is 4.41. The molecule has 4 heteroatoms. The van der Waals surface area contributed by atoms with E-state index in [1.807, 2.05) is 35.3 Å². The zero-order valence-electron chi connectivity index (χ0n) is 13.0. The number of hydrogen-bond donors (Lipinski definition) is 1. The summed E-state index contributed by atoms with van der Waals surface area (Å²) in [6, 6.07) is 10.2. The molecule has 0 saturated carbocycles. The van der Waals surface area contributed by atoms with Crippen molar-refractivity contribution in [3.63, 3.8) is 0 Å². The normalized spacial score (nSPS) is 25.0. The third-order valence-corrected chi connectivity index (χ3v) is 4.51. The summed E-state index contributed by atoms with van der Waals surface area (Å²) in [7, 11) is 0. The van der Waals surface area contributed by atoms with Gasteiger partial charge in [-0.25, -0.2) is 4.98 Å². The fraction of sp³-hybridized carbons (Fsp3) is 0.389. The minimum absolute atomic E-state index is 0.00516. The van der Waals surface area contributed by atoms with E-state index in [1.165, 1.54) is 11.3 Å². The lowest BCUT2D eigenvalue weighted by Gasteiger charge is -2.38. The monoisotopic (exact) mass is 297 g/mol. The van der Waals surface area contributed by atoms with Gasteiger partial charge in [0, 0.05) is 29.5 Å². The van der Waals surface area contributed by atoms with Crippen molar-refractivity contribution in [1.82, 2.24) is 9.55 Å². The first-order valence-corrected chi connectivity index (χ1v) is 7.74. The van der Waals surface area contributed by atoms with E-state index in [-0.39, 0.29) is 11.5 Å². The molecule has 4 nitrogen and oxygen atoms in total. The molecule has 0 spiro atoms. The number of allylic oxidation sites excluding steroid dienone is 1. The predicted molar refractivity (Wildman–Crippen MR) is 87.9 cm³/mol. The molecule has 22 heavy (non-hydrogen) atoms. The number of aromatic nitrogens is 2. The van der Waals surface area contributed by atoms with E-state index in [9.17, 15) is 0 Å². The van der Waals surface area contributed by atoms with E-state index in [0.717, 1.165) is 12.8 Å². The fourth-order valence-corrected chi connectivity index (χ4v) is 2.86. The van der Waals surface area contributed by atoms with E-state index < -0.39 is 0 Å². The zero-order valence-corrected chi connectivity index (χ0v) is 13.0. The summed E-state index contributed by atoms with van der Waals surface area (Å²) in [4.78, 5) is 4.10. The van der Waals surface area contributed by atoms with E-state index in [2.05, 4.69) is 30.1 Å². The van der Waals surface area contributed by atoms with Crippen molar-refractivity contribution in [3.05, 3.63) is 60.7 Å². The highest BCUT2D eigenvalue weighted by Crippen LogP contribution is 2.36. The maximum absolute atomic E-state index is 6.40. The molecule has 0 saturated heterocycles. The molecule has 2 N–H and O–H groups in total. The first-order valence-electron chi connectivity index (χ1n) is 7.74. The van der Waals surface area contributed by atoms with Crippen LogP contribution in [0, 0.1) is 5.41 Å². The summed E-state index contributed by atoms with van der Waals surface area (Å²) >= 11 is 0. The Morgan fingerprint density at radius 3 is 2.86 bits per heavy atom. The van der Waals surface area contributed by atoms with Crippen LogP contribution in [0.4, 0.5) is 0 Å². The average molecular weight is 297 g/mol. The van der Waals surface area contributed by atoms with Gasteiger partial charge in [0.25, 0.3) is 0 Å². The van der Waals surface area contributed by atoms with Gasteiger partial charge in [0.05, 0.1) is 19.5 Å². The van der Waals surface area contributed by atoms with Gasteiger partial charge < -0.3 is 15.0 Å². The first-order chi connectivity index (χ1) is 10.7. The van der Waals surface area contributed by atoms with Gasteiger partial charge in [-0.05, 0) is 24.5 Å². The number of rotatable bonds is 5. The van der Waals surface area contributed by atoms with Crippen molar-refractivity contribution in [1.29, 1.82) is 0 Å². The topological polar surface area (TPSA) is 53.1 Å². The molecule has 116 valence electrons. The summed E-state index contributed by atoms with van der Waals surface area (Å²) < 4.78 is 7.98. The Hall–Kier alpha value is -1.91. The zero-order chi connectivity index (χ0) is 15.4. The Bertz CT molecular complexity index is 621. The molecule has 0 radical (unpaired) electrons. The maximum atomic E-state index is 6.40. The van der Waals surface area contributed by atoms with Crippen LogP contribution in [-0.4, -0.2) is 22.2 Å². The molecule has 0 amide bonds. The predicted octanol–water partition coefficient (Wildman–Crippen LogP) is 3.07. The lowest BCUT2D eigenvalue weighted by molar-refractivity contribution is 0.0297. The Balaban J connectivity index is 1.59. The maximum Gasteiger partial charge on any atom is 0.0989 e. The quantitative estimate of drug-likeness (QED) is 0.922. The van der Waals surface area contributed by atoms with Gasteiger partial charge in [-0.15, -0.1) is 0 Å². The first kappa shape index (κ1) is 15.0. The van der Waals surface area contributed by atoms with Crippen LogP contribution in [0.2, 0.25) is 0 Å². The number of benzene rings is 1. The third kappa shape index (κ3) is 3.29. The van der Waals surface area contributed by atoms with Gasteiger partial charge >= 0.3 is 0 Å². The molecule has 1 aliphatic carbocycles. The molecule has 0 aliphatic heterocycles. The van der Waals surface area contributed by atoms with E-state index >= 15 is 0 Å². The lowest BCUT2D eigenvalue weighted by atomic mass is 9.75. The summed E-state index contributed by atoms with van der Waals surface area (Å²) in [5.74, 6) is 0. The van der Waals surface area contributed by atoms with Crippen LogP contribution < -0.4 is 5.73 Å². The Morgan fingerprint density at radius 1 is 1.36 bits per heavy atom. The SMILES string of the molecule is CC1(COCc2ccccc2)CCC(n2ccnc2)=CC1N. The van der Waals surface area contributed by atoms with Crippen LogP contribution in [0.1, 0.15) is 25.3 Å². The van der Waals surface area contributed by atoms with Crippen molar-refractivity contribution >= 4 is 5.70 Å². The molecule has 1 aliphatic rings. The van der Waals surface area contributed by atoms with Crippen LogP contribution in [0.25, 0.3) is 5.70 Å². The Morgan fingerprint density at radius 2 is 2.18 bits per heavy atom. The van der Waals surface area contributed by atoms with Crippen molar-refractivity contribution in [2.24, 2.45) is 11.1 Å². The minimum atomic E-state index is -0.0150. The molecule has 3 rings (SSSR count). The molecule has 2 unspecified atom stereocenters. The van der Waals surface area contributed by atoms with Crippen LogP contribution in [0.15, 0.2) is 55.1 Å². The fourth-order valence-electron chi connectivity index (χ4n) is 2.86. The van der Waals surface area contributed by atoms with Gasteiger partial charge in [0.1, 0.15) is 0 Å². The molecule has 2 atom stereocenters. The molecule has 2 aromatic rings. The highest BCUT2D eigenvalue weighted by molar-refractivity contribution is 5.48. The second kappa shape index (κ2) is 6.46. The van der Waals surface area contributed by atoms with E-state index in [0.29, 0.717) is 13.2 Å². The number of hydrogen-bond acceptors (Lipinski definition) is 3. The van der Waals surface area contributed by atoms with Crippen molar-refractivity contribution in [2.75, 3.05) is 6.61 Å². The third-order valence-electron chi connectivity index (χ3n) is 4.51. The van der Waals surface area contributed by atoms with Crippen LogP contribution >= 0.6 is 0 Å². The minimum Gasteiger partial charge on any atom is -0.376 e. The van der Waals surface area contributed by atoms with Crippen LogP contribution in [-0.2, 0) is 11.3 Å². The number of nitrogens with two attached hydrogens (primary N) is 1. The molecular weight excluding hydrogens is 274 g/mol. The van der Waals surface area contributed by atoms with Crippen molar-refractivity contribution in [3.8, 4) is 0 Å². The molecule has 1 heterocycles. The molecule has 0 fully saturated rings. The summed E-state index contributed by atoms with van der Waals surface area (Å²) in [6.45, 7) is 3.53. The van der Waals surface area contributed by atoms with Crippen molar-refractivity contribution in [2.45, 2.75) is 32.4 Å². The Labute approximate surface area is 131 Å². The summed E-state index contributed by atoms with van der Waals surface area (Å²) in [5.41, 5.74) is 8.81.